The van der Waals surface area contributed by atoms with Crippen LogP contribution in [0.3, 0.4) is 0 Å². The first-order chi connectivity index (χ1) is 35.0. The molecule has 402 valence electrons. The number of allylic oxidation sites excluding steroid dienone is 2. The van der Waals surface area contributed by atoms with Crippen LogP contribution in [0.1, 0.15) is 38.8 Å². The zero-order valence-corrected chi connectivity index (χ0v) is 42.2. The fraction of sp³-hybridized carbons (Fsp3) is 0.571. The molecule has 0 unspecified atom stereocenters. The maximum Gasteiger partial charge on any atom is 0.508 e. The zero-order chi connectivity index (χ0) is 54.2. The molecular weight excluding hydrogens is 976 g/mol. The highest BCUT2D eigenvalue weighted by atomic mass is 16.8. The number of benzene rings is 1. The highest BCUT2D eigenvalue weighted by molar-refractivity contribution is 6.53. The Hall–Kier alpha value is -7.04. The third kappa shape index (κ3) is 18.2. The van der Waals surface area contributed by atoms with Gasteiger partial charge in [0.05, 0.1) is 35.7 Å². The van der Waals surface area contributed by atoms with Crippen LogP contribution in [0.25, 0.3) is 0 Å². The number of alkyl carbamates (subject to hydrolysis) is 2. The van der Waals surface area contributed by atoms with Crippen molar-refractivity contribution in [2.24, 2.45) is 9.81 Å². The van der Waals surface area contributed by atoms with E-state index in [1.807, 2.05) is 18.2 Å². The second kappa shape index (κ2) is 27.3. The van der Waals surface area contributed by atoms with Crippen LogP contribution in [0, 0.1) is 0 Å². The van der Waals surface area contributed by atoms with Crippen LogP contribution in [0.5, 0.6) is 0 Å². The third-order valence-electron chi connectivity index (χ3n) is 11.1. The Morgan fingerprint density at radius 2 is 1.04 bits per heavy atom. The Morgan fingerprint density at radius 1 is 0.649 bits per heavy atom. The molecule has 0 radical (unpaired) electrons. The van der Waals surface area contributed by atoms with Gasteiger partial charge in [0.2, 0.25) is 11.8 Å². The van der Waals surface area contributed by atoms with Gasteiger partial charge in [0.1, 0.15) is 13.2 Å². The van der Waals surface area contributed by atoms with Gasteiger partial charge in [-0.3, -0.25) is 19.4 Å². The van der Waals surface area contributed by atoms with Gasteiger partial charge < -0.3 is 100 Å². The van der Waals surface area contributed by atoms with Gasteiger partial charge in [0, 0.05) is 26.9 Å². The molecule has 32 heteroatoms. The Balaban J connectivity index is 1.22. The highest BCUT2D eigenvalue weighted by Gasteiger charge is 2.50. The summed E-state index contributed by atoms with van der Waals surface area (Å²) in [4.78, 5) is 84.5. The van der Waals surface area contributed by atoms with Crippen LogP contribution in [0.15, 0.2) is 57.7 Å². The van der Waals surface area contributed by atoms with E-state index >= 15 is 0 Å². The number of nitrogens with one attached hydrogen (secondary N) is 8. The topological polar surface area (TPSA) is 378 Å². The molecule has 0 bridgehead atoms. The minimum Gasteiger partial charge on any atom is -0.489 e. The standard InChI is InChI=1S/C42H64B4N10O18/c1-21-16-27(51-37(53-43(5)63)54-44(6)64)31(49-23(3)57)35(69-21)33(29-19-67-41(61)71-29)73-39(59)47-14-12-25-10-9-11-26(18-25)13-15-48-40(60)74-34(30-20-68-42(62)72-30)36-32(50-24(4)58)28(17-22(2)70-36)52-38(55-45(7)65)56-46(8)66/h9-11,16-18,27-36,63-66H,12-15,19-20H2,1-8H3,(H,47,59)(H,48,60)(H,49,57)(H,50,58)(H2,51,53,54)(H2,52,55,56)/t27-,28-,29+,30+,31+,32+,33+,34+,35+,36+/m0/s1. The number of nitrogens with zero attached hydrogens (tertiary/aromatic N) is 2. The number of cyclic esters (lactones) is 4. The molecule has 5 rings (SSSR count). The number of carbonyl (C=O) groups excluding carboxylic acids is 6. The predicted molar refractivity (Wildman–Crippen MR) is 266 cm³/mol. The number of ether oxygens (including phenoxy) is 8. The number of hydrogen-bond acceptors (Lipinski definition) is 20. The van der Waals surface area contributed by atoms with Crippen molar-refractivity contribution < 1.29 is 86.8 Å². The smallest absolute Gasteiger partial charge is 0.489 e. The summed E-state index contributed by atoms with van der Waals surface area (Å²) in [5, 5.41) is 62.4. The van der Waals surface area contributed by atoms with Gasteiger partial charge in [-0.05, 0) is 77.3 Å². The van der Waals surface area contributed by atoms with E-state index in [4.69, 9.17) is 37.9 Å². The Kier molecular flexibility index (Phi) is 21.3. The summed E-state index contributed by atoms with van der Waals surface area (Å²) >= 11 is 0. The molecule has 28 nitrogen and oxygen atoms in total. The molecule has 10 atom stereocenters. The van der Waals surface area contributed by atoms with Crippen LogP contribution in [-0.4, -0.2) is 184 Å². The summed E-state index contributed by atoms with van der Waals surface area (Å²) in [6.45, 7) is 11.0. The SMILES string of the molecule is CB(O)N=C(NB(C)O)N[C@H]1C=C(C)O[C@@H]([C@H](OC(=O)NCCc2cccc(CCNC(=O)O[C@@H]([C@@H]3OC(C)=C[C@H](NC(=NB(C)O)NB(C)O)[C@H]3NC(C)=O)[C@H]3COC(=O)O3)c2)[C@H]2COC(=O)O2)[C@@H]1NC(C)=O. The second-order valence-electron chi connectivity index (χ2n) is 17.7. The van der Waals surface area contributed by atoms with E-state index in [1.54, 1.807) is 32.1 Å². The summed E-state index contributed by atoms with van der Waals surface area (Å²) in [6.07, 6.45) is -7.31. The molecule has 0 spiro atoms. The van der Waals surface area contributed by atoms with E-state index in [2.05, 4.69) is 52.2 Å². The largest absolute Gasteiger partial charge is 0.508 e. The zero-order valence-electron chi connectivity index (χ0n) is 42.2. The molecule has 4 heterocycles. The van der Waals surface area contributed by atoms with Crippen molar-refractivity contribution in [1.29, 1.82) is 0 Å². The Morgan fingerprint density at radius 3 is 1.36 bits per heavy atom. The van der Waals surface area contributed by atoms with E-state index in [0.717, 1.165) is 11.1 Å². The lowest BCUT2D eigenvalue weighted by atomic mass is 9.87. The van der Waals surface area contributed by atoms with E-state index in [1.165, 1.54) is 41.1 Å². The molecule has 4 aliphatic heterocycles. The summed E-state index contributed by atoms with van der Waals surface area (Å²) in [6, 6.07) is 3.65. The van der Waals surface area contributed by atoms with Gasteiger partial charge in [0.25, 0.3) is 0 Å². The van der Waals surface area contributed by atoms with Crippen LogP contribution in [0.4, 0.5) is 19.2 Å². The number of amides is 4. The van der Waals surface area contributed by atoms with E-state index in [9.17, 15) is 48.9 Å². The van der Waals surface area contributed by atoms with Crippen LogP contribution >= 0.6 is 0 Å². The summed E-state index contributed by atoms with van der Waals surface area (Å²) < 4.78 is 44.8. The van der Waals surface area contributed by atoms with Gasteiger partial charge in [-0.2, -0.15) is 0 Å². The molecule has 1 aromatic rings. The third-order valence-corrected chi connectivity index (χ3v) is 11.1. The predicted octanol–water partition coefficient (Wildman–Crippen LogP) is -2.10. The fourth-order valence-electron chi connectivity index (χ4n) is 8.32. The molecule has 4 aliphatic rings. The molecule has 12 N–H and O–H groups in total. The number of guanidine groups is 2. The lowest BCUT2D eigenvalue weighted by Gasteiger charge is -2.41. The second-order valence-corrected chi connectivity index (χ2v) is 17.7. The fourth-order valence-corrected chi connectivity index (χ4v) is 8.32. The minimum absolute atomic E-state index is 0.0200. The van der Waals surface area contributed by atoms with E-state index in [0.29, 0.717) is 24.4 Å². The van der Waals surface area contributed by atoms with Crippen LogP contribution in [0.2, 0.25) is 27.3 Å². The molecule has 0 saturated carbocycles. The number of rotatable bonds is 20. The van der Waals surface area contributed by atoms with Crippen molar-refractivity contribution in [3.63, 3.8) is 0 Å². The first kappa shape index (κ1) is 57.9. The number of carbonyl (C=O) groups is 6. The molecule has 4 amide bonds. The molecule has 2 saturated heterocycles. The molecule has 0 aromatic heterocycles. The van der Waals surface area contributed by atoms with Crippen molar-refractivity contribution in [2.45, 2.75) is 129 Å². The van der Waals surface area contributed by atoms with Gasteiger partial charge in [0.15, 0.2) is 48.5 Å². The average Bonchev–Trinajstić information content (AvgIpc) is 3.93. The summed E-state index contributed by atoms with van der Waals surface area (Å²) in [5.74, 6) is -0.354. The van der Waals surface area contributed by atoms with E-state index in [-0.39, 0.29) is 38.2 Å². The number of hydrogen-bond donors (Lipinski definition) is 12. The summed E-state index contributed by atoms with van der Waals surface area (Å²) in [5.41, 5.74) is 1.60. The summed E-state index contributed by atoms with van der Waals surface area (Å²) in [7, 11) is -4.55. The molecule has 1 aromatic carbocycles. The average molecular weight is 1040 g/mol. The first-order valence-electron chi connectivity index (χ1n) is 23.8. The van der Waals surface area contributed by atoms with Gasteiger partial charge in [-0.1, -0.05) is 24.3 Å². The van der Waals surface area contributed by atoms with E-state index < -0.39 is 125 Å². The minimum atomic E-state index is -1.34. The molecule has 74 heavy (non-hydrogen) atoms. The molecule has 2 fully saturated rings. The van der Waals surface area contributed by atoms with Crippen molar-refractivity contribution in [1.82, 2.24) is 42.4 Å². The van der Waals surface area contributed by atoms with Gasteiger partial charge in [-0.25, -0.2) is 19.2 Å². The Bertz CT molecular complexity index is 2130. The van der Waals surface area contributed by atoms with Crippen molar-refractivity contribution in [3.8, 4) is 0 Å². The Labute approximate surface area is 428 Å². The first-order valence-corrected chi connectivity index (χ1v) is 23.8. The quantitative estimate of drug-likeness (QED) is 0.0219. The van der Waals surface area contributed by atoms with Crippen LogP contribution in [-0.2, 0) is 60.3 Å². The van der Waals surface area contributed by atoms with Crippen molar-refractivity contribution in [2.75, 3.05) is 26.3 Å². The molecular formula is C42H64B4N10O18. The normalized spacial score (nSPS) is 24.1. The van der Waals surface area contributed by atoms with Gasteiger partial charge in [-0.15, -0.1) is 0 Å². The highest BCUT2D eigenvalue weighted by Crippen LogP contribution is 2.29. The maximum atomic E-state index is 13.5. The van der Waals surface area contributed by atoms with Crippen molar-refractivity contribution in [3.05, 3.63) is 59.1 Å². The van der Waals surface area contributed by atoms with Gasteiger partial charge >= 0.3 is 52.7 Å². The lowest BCUT2D eigenvalue weighted by molar-refractivity contribution is -0.125. The maximum absolute atomic E-state index is 13.5. The lowest BCUT2D eigenvalue weighted by Crippen LogP contribution is -2.65. The van der Waals surface area contributed by atoms with Crippen LogP contribution < -0.4 is 42.4 Å². The monoisotopic (exact) mass is 1040 g/mol. The van der Waals surface area contributed by atoms with Crippen molar-refractivity contribution >= 4 is 76.4 Å². The molecule has 0 aliphatic carbocycles.